The lowest BCUT2D eigenvalue weighted by atomic mass is 10.1. The molecule has 80 valence electrons. The number of halogens is 1. The molecule has 15 heavy (non-hydrogen) atoms. The molecule has 1 aromatic rings. The first-order valence-corrected chi connectivity index (χ1v) is 5.01. The van der Waals surface area contributed by atoms with Gasteiger partial charge in [-0.1, -0.05) is 0 Å². The van der Waals surface area contributed by atoms with Crippen LogP contribution in [0.25, 0.3) is 0 Å². The van der Waals surface area contributed by atoms with E-state index in [1.807, 2.05) is 13.0 Å². The highest BCUT2D eigenvalue weighted by Crippen LogP contribution is 2.24. The molecule has 0 atom stereocenters. The van der Waals surface area contributed by atoms with Gasteiger partial charge in [-0.15, -0.1) is 0 Å². The molecular weight excluding hydrogens is 193 g/mol. The fourth-order valence-corrected chi connectivity index (χ4v) is 1.45. The van der Waals surface area contributed by atoms with Crippen LogP contribution >= 0.6 is 0 Å². The SMILES string of the molecule is Cc1cc(F)cc(C(=NC2CC2)NN)c1. The standard InChI is InChI=1S/C11H14FN3/c1-7-4-8(6-9(12)5-7)11(15-13)14-10-2-3-10/h4-6,10H,2-3,13H2,1H3,(H,14,15). The molecule has 3 nitrogen and oxygen atoms in total. The Morgan fingerprint density at radius 2 is 2.20 bits per heavy atom. The molecule has 0 radical (unpaired) electrons. The molecule has 0 bridgehead atoms. The normalized spacial score (nSPS) is 16.6. The number of nitrogens with two attached hydrogens (primary N) is 1. The van der Waals surface area contributed by atoms with Gasteiger partial charge in [0.15, 0.2) is 0 Å². The van der Waals surface area contributed by atoms with Gasteiger partial charge in [0.1, 0.15) is 11.7 Å². The lowest BCUT2D eigenvalue weighted by Crippen LogP contribution is -2.31. The van der Waals surface area contributed by atoms with E-state index in [0.717, 1.165) is 18.4 Å². The number of nitrogens with one attached hydrogen (secondary N) is 1. The van der Waals surface area contributed by atoms with E-state index >= 15 is 0 Å². The van der Waals surface area contributed by atoms with Gasteiger partial charge in [0.05, 0.1) is 6.04 Å². The van der Waals surface area contributed by atoms with E-state index < -0.39 is 0 Å². The summed E-state index contributed by atoms with van der Waals surface area (Å²) in [5, 5.41) is 0. The van der Waals surface area contributed by atoms with Gasteiger partial charge in [-0.2, -0.15) is 0 Å². The molecule has 0 aliphatic heterocycles. The van der Waals surface area contributed by atoms with Crippen LogP contribution in [0.2, 0.25) is 0 Å². The van der Waals surface area contributed by atoms with Crippen LogP contribution in [0, 0.1) is 12.7 Å². The van der Waals surface area contributed by atoms with Crippen LogP contribution in [-0.4, -0.2) is 11.9 Å². The minimum atomic E-state index is -0.260. The van der Waals surface area contributed by atoms with E-state index in [0.29, 0.717) is 17.4 Å². The first-order chi connectivity index (χ1) is 7.19. The molecule has 0 unspecified atom stereocenters. The minimum Gasteiger partial charge on any atom is -0.308 e. The second-order valence-electron chi connectivity index (χ2n) is 3.87. The van der Waals surface area contributed by atoms with Gasteiger partial charge in [-0.25, -0.2) is 10.2 Å². The number of aryl methyl sites for hydroxylation is 1. The highest BCUT2D eigenvalue weighted by atomic mass is 19.1. The Balaban J connectivity index is 2.32. The summed E-state index contributed by atoms with van der Waals surface area (Å²) >= 11 is 0. The van der Waals surface area contributed by atoms with Crippen molar-refractivity contribution in [3.63, 3.8) is 0 Å². The van der Waals surface area contributed by atoms with E-state index in [1.165, 1.54) is 12.1 Å². The van der Waals surface area contributed by atoms with Crippen LogP contribution in [0.1, 0.15) is 24.0 Å². The quantitative estimate of drug-likeness (QED) is 0.334. The monoisotopic (exact) mass is 207 g/mol. The van der Waals surface area contributed by atoms with Gasteiger partial charge < -0.3 is 5.43 Å². The van der Waals surface area contributed by atoms with Crippen molar-refractivity contribution >= 4 is 5.84 Å². The number of benzene rings is 1. The maximum Gasteiger partial charge on any atom is 0.142 e. The summed E-state index contributed by atoms with van der Waals surface area (Å²) in [6.07, 6.45) is 2.19. The van der Waals surface area contributed by atoms with E-state index in [4.69, 9.17) is 5.84 Å². The van der Waals surface area contributed by atoms with Crippen molar-refractivity contribution in [1.29, 1.82) is 0 Å². The van der Waals surface area contributed by atoms with E-state index in [9.17, 15) is 4.39 Å². The fourth-order valence-electron chi connectivity index (χ4n) is 1.45. The number of hydrazine groups is 1. The third-order valence-electron chi connectivity index (χ3n) is 2.31. The highest BCUT2D eigenvalue weighted by molar-refractivity contribution is 5.98. The van der Waals surface area contributed by atoms with Crippen molar-refractivity contribution in [3.05, 3.63) is 35.1 Å². The number of amidine groups is 1. The van der Waals surface area contributed by atoms with Crippen LogP contribution in [-0.2, 0) is 0 Å². The van der Waals surface area contributed by atoms with Gasteiger partial charge in [-0.05, 0) is 43.5 Å². The predicted octanol–water partition coefficient (Wildman–Crippen LogP) is 1.51. The molecule has 0 amide bonds. The topological polar surface area (TPSA) is 50.4 Å². The van der Waals surface area contributed by atoms with Crippen LogP contribution in [0.4, 0.5) is 4.39 Å². The van der Waals surface area contributed by atoms with Crippen molar-refractivity contribution in [2.24, 2.45) is 10.8 Å². The first-order valence-electron chi connectivity index (χ1n) is 5.01. The first kappa shape index (κ1) is 10.1. The number of hydrogen-bond donors (Lipinski definition) is 2. The largest absolute Gasteiger partial charge is 0.308 e. The van der Waals surface area contributed by atoms with Gasteiger partial charge in [-0.3, -0.25) is 4.99 Å². The summed E-state index contributed by atoms with van der Waals surface area (Å²) in [6, 6.07) is 5.15. The van der Waals surface area contributed by atoms with E-state index in [-0.39, 0.29) is 5.82 Å². The Morgan fingerprint density at radius 3 is 2.73 bits per heavy atom. The predicted molar refractivity (Wildman–Crippen MR) is 58.0 cm³/mol. The molecule has 3 N–H and O–H groups in total. The second-order valence-corrected chi connectivity index (χ2v) is 3.87. The molecule has 1 aromatic carbocycles. The van der Waals surface area contributed by atoms with E-state index in [2.05, 4.69) is 10.4 Å². The Hall–Kier alpha value is -1.42. The summed E-state index contributed by atoms with van der Waals surface area (Å²) in [4.78, 5) is 4.37. The van der Waals surface area contributed by atoms with Crippen molar-refractivity contribution < 1.29 is 4.39 Å². The summed E-state index contributed by atoms with van der Waals surface area (Å²) in [5.41, 5.74) is 4.10. The minimum absolute atomic E-state index is 0.260. The third kappa shape index (κ3) is 2.53. The molecular formula is C11H14FN3. The van der Waals surface area contributed by atoms with Gasteiger partial charge in [0.2, 0.25) is 0 Å². The third-order valence-corrected chi connectivity index (χ3v) is 2.31. The highest BCUT2D eigenvalue weighted by Gasteiger charge is 2.21. The molecule has 4 heteroatoms. The Morgan fingerprint density at radius 1 is 1.47 bits per heavy atom. The Bertz CT molecular complexity index is 377. The van der Waals surface area contributed by atoms with Crippen LogP contribution in [0.3, 0.4) is 0 Å². The van der Waals surface area contributed by atoms with Crippen molar-refractivity contribution in [3.8, 4) is 0 Å². The van der Waals surface area contributed by atoms with E-state index in [1.54, 1.807) is 0 Å². The van der Waals surface area contributed by atoms with Crippen LogP contribution < -0.4 is 11.3 Å². The van der Waals surface area contributed by atoms with Gasteiger partial charge in [0, 0.05) is 5.56 Å². The summed E-state index contributed by atoms with van der Waals surface area (Å²) < 4.78 is 13.2. The fraction of sp³-hybridized carbons (Fsp3) is 0.364. The van der Waals surface area contributed by atoms with Crippen molar-refractivity contribution in [1.82, 2.24) is 5.43 Å². The van der Waals surface area contributed by atoms with Crippen molar-refractivity contribution in [2.45, 2.75) is 25.8 Å². The molecule has 1 saturated carbocycles. The molecule has 0 aromatic heterocycles. The smallest absolute Gasteiger partial charge is 0.142 e. The number of aliphatic imine (C=N–C) groups is 1. The molecule has 0 spiro atoms. The second kappa shape index (κ2) is 3.98. The van der Waals surface area contributed by atoms with Gasteiger partial charge >= 0.3 is 0 Å². The maximum absolute atomic E-state index is 13.2. The average molecular weight is 207 g/mol. The molecule has 0 saturated heterocycles. The molecule has 2 rings (SSSR count). The lowest BCUT2D eigenvalue weighted by Gasteiger charge is -2.06. The molecule has 0 heterocycles. The van der Waals surface area contributed by atoms with Gasteiger partial charge in [0.25, 0.3) is 0 Å². The average Bonchev–Trinajstić information content (AvgIpc) is 2.96. The molecule has 1 aliphatic carbocycles. The molecule has 1 fully saturated rings. The zero-order valence-electron chi connectivity index (χ0n) is 8.63. The Labute approximate surface area is 88.2 Å². The number of nitrogens with zero attached hydrogens (tertiary/aromatic N) is 1. The van der Waals surface area contributed by atoms with Crippen LogP contribution in [0.15, 0.2) is 23.2 Å². The number of hydrogen-bond acceptors (Lipinski definition) is 2. The summed E-state index contributed by atoms with van der Waals surface area (Å²) in [5.74, 6) is 5.69. The van der Waals surface area contributed by atoms with Crippen molar-refractivity contribution in [2.75, 3.05) is 0 Å². The lowest BCUT2D eigenvalue weighted by molar-refractivity contribution is 0.626. The maximum atomic E-state index is 13.2. The summed E-state index contributed by atoms with van der Waals surface area (Å²) in [6.45, 7) is 1.85. The molecule has 1 aliphatic rings. The Kier molecular flexibility index (Phi) is 2.68. The summed E-state index contributed by atoms with van der Waals surface area (Å²) in [7, 11) is 0. The zero-order valence-corrected chi connectivity index (χ0v) is 8.63. The van der Waals surface area contributed by atoms with Crippen LogP contribution in [0.5, 0.6) is 0 Å². The number of rotatable bonds is 2. The zero-order chi connectivity index (χ0) is 10.8.